The zero-order chi connectivity index (χ0) is 14.8. The molecule has 0 N–H and O–H groups in total. The van der Waals surface area contributed by atoms with Gasteiger partial charge >= 0.3 is 0 Å². The Labute approximate surface area is 124 Å². The Balaban J connectivity index is 1.87. The summed E-state index contributed by atoms with van der Waals surface area (Å²) in [6.07, 6.45) is 6.44. The minimum absolute atomic E-state index is 0.272. The quantitative estimate of drug-likeness (QED) is 0.704. The lowest BCUT2D eigenvalue weighted by atomic mass is 9.80. The first-order valence-electron chi connectivity index (χ1n) is 7.37. The zero-order valence-corrected chi connectivity index (χ0v) is 12.1. The van der Waals surface area contributed by atoms with Gasteiger partial charge in [0, 0.05) is 0 Å². The average molecular weight is 284 g/mol. The fourth-order valence-electron chi connectivity index (χ4n) is 3.12. The van der Waals surface area contributed by atoms with Gasteiger partial charge in [0.1, 0.15) is 0 Å². The van der Waals surface area contributed by atoms with Crippen LogP contribution < -0.4 is 0 Å². The maximum atomic E-state index is 14.0. The summed E-state index contributed by atoms with van der Waals surface area (Å²) < 4.78 is 27.3. The fraction of sp³-hybridized carbons (Fsp3) is 0.263. The van der Waals surface area contributed by atoms with Crippen LogP contribution in [0.5, 0.6) is 0 Å². The van der Waals surface area contributed by atoms with E-state index < -0.39 is 11.6 Å². The molecule has 1 aliphatic rings. The topological polar surface area (TPSA) is 0 Å². The Bertz CT molecular complexity index is 669. The predicted octanol–water partition coefficient (Wildman–Crippen LogP) is 5.27. The molecule has 0 amide bonds. The van der Waals surface area contributed by atoms with Crippen molar-refractivity contribution in [1.82, 2.24) is 0 Å². The van der Waals surface area contributed by atoms with Crippen LogP contribution in [0.25, 0.3) is 6.08 Å². The minimum atomic E-state index is -0.738. The number of aryl methyl sites for hydroxylation is 1. The Morgan fingerprint density at radius 3 is 2.52 bits per heavy atom. The summed E-state index contributed by atoms with van der Waals surface area (Å²) in [6, 6.07) is 11.3. The Hall–Kier alpha value is -1.96. The van der Waals surface area contributed by atoms with Gasteiger partial charge < -0.3 is 0 Å². The van der Waals surface area contributed by atoms with E-state index in [9.17, 15) is 8.78 Å². The van der Waals surface area contributed by atoms with Crippen LogP contribution in [-0.2, 0) is 12.8 Å². The second-order valence-corrected chi connectivity index (χ2v) is 5.61. The summed E-state index contributed by atoms with van der Waals surface area (Å²) in [5.41, 5.74) is 3.88. The maximum absolute atomic E-state index is 14.0. The van der Waals surface area contributed by atoms with E-state index >= 15 is 0 Å². The predicted molar refractivity (Wildman–Crippen MR) is 82.3 cm³/mol. The Morgan fingerprint density at radius 1 is 1.05 bits per heavy atom. The Kier molecular flexibility index (Phi) is 3.87. The summed E-state index contributed by atoms with van der Waals surface area (Å²) in [7, 11) is 0. The molecule has 3 rings (SSSR count). The first kappa shape index (κ1) is 14.0. The molecule has 108 valence electrons. The highest BCUT2D eigenvalue weighted by molar-refractivity contribution is 5.49. The number of allylic oxidation sites excluding steroid dienone is 1. The summed E-state index contributed by atoms with van der Waals surface area (Å²) in [6.45, 7) is 1.99. The van der Waals surface area contributed by atoms with Crippen molar-refractivity contribution in [2.24, 2.45) is 0 Å². The molecule has 0 aliphatic heterocycles. The first-order chi connectivity index (χ1) is 10.2. The molecule has 0 saturated carbocycles. The molecule has 0 fully saturated rings. The largest absolute Gasteiger partial charge is 0.204 e. The van der Waals surface area contributed by atoms with Crippen LogP contribution >= 0.6 is 0 Å². The number of fused-ring (bicyclic) bond motifs is 1. The molecule has 0 saturated heterocycles. The van der Waals surface area contributed by atoms with Gasteiger partial charge in [-0.05, 0) is 60.4 Å². The van der Waals surface area contributed by atoms with Crippen molar-refractivity contribution in [1.29, 1.82) is 0 Å². The molecule has 0 bridgehead atoms. The molecular weight excluding hydrogens is 266 g/mol. The van der Waals surface area contributed by atoms with Crippen molar-refractivity contribution in [3.63, 3.8) is 0 Å². The molecule has 1 atom stereocenters. The van der Waals surface area contributed by atoms with Crippen LogP contribution in [0, 0.1) is 11.6 Å². The molecule has 0 heterocycles. The van der Waals surface area contributed by atoms with Crippen molar-refractivity contribution in [3.05, 3.63) is 76.4 Å². The summed E-state index contributed by atoms with van der Waals surface area (Å²) >= 11 is 0. The number of benzene rings is 2. The lowest BCUT2D eigenvalue weighted by molar-refractivity contribution is 0.476. The van der Waals surface area contributed by atoms with Gasteiger partial charge in [-0.2, -0.15) is 0 Å². The van der Waals surface area contributed by atoms with E-state index in [4.69, 9.17) is 0 Å². The van der Waals surface area contributed by atoms with Crippen LogP contribution in [0.2, 0.25) is 0 Å². The molecule has 2 heteroatoms. The zero-order valence-electron chi connectivity index (χ0n) is 12.1. The molecule has 0 nitrogen and oxygen atoms in total. The lowest BCUT2D eigenvalue weighted by Crippen LogP contribution is -2.15. The summed E-state index contributed by atoms with van der Waals surface area (Å²) in [5.74, 6) is -1.13. The van der Waals surface area contributed by atoms with Crippen LogP contribution in [-0.4, -0.2) is 0 Å². The SMILES string of the molecule is C/C=C/c1ccc(C2CCc3ccc(F)c(F)c3C2)cc1. The molecule has 2 aromatic rings. The van der Waals surface area contributed by atoms with Crippen LogP contribution in [0.1, 0.15) is 41.5 Å². The smallest absolute Gasteiger partial charge is 0.162 e. The first-order valence-corrected chi connectivity index (χ1v) is 7.37. The second-order valence-electron chi connectivity index (χ2n) is 5.61. The molecule has 1 aliphatic carbocycles. The molecule has 0 aromatic heterocycles. The van der Waals surface area contributed by atoms with Gasteiger partial charge in [-0.1, -0.05) is 42.5 Å². The highest BCUT2D eigenvalue weighted by atomic mass is 19.2. The van der Waals surface area contributed by atoms with Gasteiger partial charge in [0.2, 0.25) is 0 Å². The number of hydrogen-bond acceptors (Lipinski definition) is 0. The van der Waals surface area contributed by atoms with E-state index in [2.05, 4.69) is 30.3 Å². The van der Waals surface area contributed by atoms with Crippen molar-refractivity contribution in [2.75, 3.05) is 0 Å². The second kappa shape index (κ2) is 5.80. The molecule has 21 heavy (non-hydrogen) atoms. The highest BCUT2D eigenvalue weighted by Gasteiger charge is 2.24. The van der Waals surface area contributed by atoms with Crippen molar-refractivity contribution < 1.29 is 8.78 Å². The van der Waals surface area contributed by atoms with Crippen LogP contribution in [0.4, 0.5) is 8.78 Å². The van der Waals surface area contributed by atoms with Gasteiger partial charge in [-0.25, -0.2) is 8.78 Å². The molecule has 2 aromatic carbocycles. The van der Waals surface area contributed by atoms with Crippen molar-refractivity contribution in [3.8, 4) is 0 Å². The van der Waals surface area contributed by atoms with E-state index in [1.807, 2.05) is 13.0 Å². The highest BCUT2D eigenvalue weighted by Crippen LogP contribution is 2.34. The van der Waals surface area contributed by atoms with Gasteiger partial charge in [0.15, 0.2) is 11.6 Å². The third-order valence-corrected chi connectivity index (χ3v) is 4.27. The van der Waals surface area contributed by atoms with Crippen LogP contribution in [0.15, 0.2) is 42.5 Å². The van der Waals surface area contributed by atoms with E-state index in [-0.39, 0.29) is 5.92 Å². The van der Waals surface area contributed by atoms with Crippen molar-refractivity contribution in [2.45, 2.75) is 32.1 Å². The van der Waals surface area contributed by atoms with E-state index in [0.717, 1.165) is 24.0 Å². The standard InChI is InChI=1S/C19H18F2/c1-2-3-13-4-6-14(7-5-13)16-9-8-15-10-11-18(20)19(21)17(15)12-16/h2-7,10-11,16H,8-9,12H2,1H3/b3-2+. The summed E-state index contributed by atoms with van der Waals surface area (Å²) in [5, 5.41) is 0. The van der Waals surface area contributed by atoms with Gasteiger partial charge in [0.05, 0.1) is 0 Å². The molecule has 0 radical (unpaired) electrons. The summed E-state index contributed by atoms with van der Waals surface area (Å²) in [4.78, 5) is 0. The van der Waals surface area contributed by atoms with E-state index in [0.29, 0.717) is 12.0 Å². The monoisotopic (exact) mass is 284 g/mol. The van der Waals surface area contributed by atoms with Gasteiger partial charge in [0.25, 0.3) is 0 Å². The van der Waals surface area contributed by atoms with E-state index in [1.165, 1.54) is 11.6 Å². The normalized spacial score (nSPS) is 18.0. The number of halogens is 2. The third kappa shape index (κ3) is 2.76. The Morgan fingerprint density at radius 2 is 1.81 bits per heavy atom. The fourth-order valence-corrected chi connectivity index (χ4v) is 3.12. The van der Waals surface area contributed by atoms with Crippen LogP contribution in [0.3, 0.4) is 0 Å². The molecule has 0 spiro atoms. The average Bonchev–Trinajstić information content (AvgIpc) is 2.52. The third-order valence-electron chi connectivity index (χ3n) is 4.27. The number of hydrogen-bond donors (Lipinski definition) is 0. The van der Waals surface area contributed by atoms with Gasteiger partial charge in [-0.3, -0.25) is 0 Å². The lowest BCUT2D eigenvalue weighted by Gasteiger charge is -2.25. The van der Waals surface area contributed by atoms with Crippen molar-refractivity contribution >= 4 is 6.08 Å². The molecule has 1 unspecified atom stereocenters. The van der Waals surface area contributed by atoms with E-state index in [1.54, 1.807) is 6.07 Å². The van der Waals surface area contributed by atoms with Gasteiger partial charge in [-0.15, -0.1) is 0 Å². The minimum Gasteiger partial charge on any atom is -0.204 e. The number of rotatable bonds is 2. The maximum Gasteiger partial charge on any atom is 0.162 e. The molecular formula is C19H18F2.